The van der Waals surface area contributed by atoms with E-state index in [4.69, 9.17) is 15.2 Å². The minimum absolute atomic E-state index is 0.944. The zero-order valence-electron chi connectivity index (χ0n) is 7.27. The number of H-pyrrole nitrogens is 1. The molecule has 4 nitrogen and oxygen atoms in total. The predicted octanol–water partition coefficient (Wildman–Crippen LogP) is 1.76. The summed E-state index contributed by atoms with van der Waals surface area (Å²) in [5.41, 5.74) is 1.21. The van der Waals surface area contributed by atoms with Crippen molar-refractivity contribution in [2.24, 2.45) is 0 Å². The number of carboxylic acids is 1. The van der Waals surface area contributed by atoms with Gasteiger partial charge in [0.05, 0.1) is 0 Å². The fraction of sp³-hybridized carbons (Fsp3) is 0. The molecule has 0 unspecified atom stereocenters. The SMILES string of the molecule is N#CC(=O)O.c1ccc2[nH]ccc2c1. The van der Waals surface area contributed by atoms with Crippen molar-refractivity contribution in [3.8, 4) is 6.07 Å². The first-order valence-corrected chi connectivity index (χ1v) is 3.89. The van der Waals surface area contributed by atoms with Crippen molar-refractivity contribution in [3.05, 3.63) is 36.5 Å². The maximum absolute atomic E-state index is 9.01. The van der Waals surface area contributed by atoms with Gasteiger partial charge in [0.25, 0.3) is 0 Å². The molecular formula is C10H8N2O2. The lowest BCUT2D eigenvalue weighted by Crippen LogP contribution is -1.83. The monoisotopic (exact) mass is 188 g/mol. The minimum Gasteiger partial charge on any atom is -0.470 e. The molecule has 0 aliphatic heterocycles. The molecule has 70 valence electrons. The lowest BCUT2D eigenvalue weighted by atomic mass is 10.3. The van der Waals surface area contributed by atoms with E-state index in [9.17, 15) is 0 Å². The van der Waals surface area contributed by atoms with Gasteiger partial charge in [-0.3, -0.25) is 0 Å². The van der Waals surface area contributed by atoms with Gasteiger partial charge in [-0.1, -0.05) is 18.2 Å². The Hall–Kier alpha value is -2.28. The molecule has 0 radical (unpaired) electrons. The quantitative estimate of drug-likeness (QED) is 0.488. The molecule has 0 atom stereocenters. The molecule has 1 aromatic heterocycles. The van der Waals surface area contributed by atoms with Gasteiger partial charge < -0.3 is 10.1 Å². The molecule has 2 N–H and O–H groups in total. The summed E-state index contributed by atoms with van der Waals surface area (Å²) in [6.07, 6.45) is 1.95. The van der Waals surface area contributed by atoms with E-state index in [0.29, 0.717) is 0 Å². The van der Waals surface area contributed by atoms with Crippen LogP contribution < -0.4 is 0 Å². The molecule has 4 heteroatoms. The molecule has 14 heavy (non-hydrogen) atoms. The first-order valence-electron chi connectivity index (χ1n) is 3.89. The van der Waals surface area contributed by atoms with E-state index in [-0.39, 0.29) is 0 Å². The summed E-state index contributed by atoms with van der Waals surface area (Å²) in [4.78, 5) is 12.1. The molecule has 2 rings (SSSR count). The number of aromatic amines is 1. The fourth-order valence-corrected chi connectivity index (χ4v) is 0.995. The summed E-state index contributed by atoms with van der Waals surface area (Å²) in [7, 11) is 0. The molecule has 0 fully saturated rings. The van der Waals surface area contributed by atoms with E-state index in [2.05, 4.69) is 23.2 Å². The van der Waals surface area contributed by atoms with Gasteiger partial charge >= 0.3 is 5.97 Å². The van der Waals surface area contributed by atoms with Crippen LogP contribution in [-0.2, 0) is 4.79 Å². The topological polar surface area (TPSA) is 76.9 Å². The van der Waals surface area contributed by atoms with Crippen molar-refractivity contribution in [1.29, 1.82) is 5.26 Å². The highest BCUT2D eigenvalue weighted by atomic mass is 16.4. The van der Waals surface area contributed by atoms with E-state index >= 15 is 0 Å². The van der Waals surface area contributed by atoms with Crippen LogP contribution in [0.1, 0.15) is 0 Å². The third-order valence-electron chi connectivity index (χ3n) is 1.56. The molecule has 1 heterocycles. The lowest BCUT2D eigenvalue weighted by Gasteiger charge is -1.83. The van der Waals surface area contributed by atoms with Crippen molar-refractivity contribution >= 4 is 16.9 Å². The Bertz CT molecular complexity index is 438. The van der Waals surface area contributed by atoms with Crippen LogP contribution in [0.25, 0.3) is 10.9 Å². The van der Waals surface area contributed by atoms with E-state index in [1.165, 1.54) is 10.9 Å². The summed E-state index contributed by atoms with van der Waals surface area (Å²) in [6.45, 7) is 0. The van der Waals surface area contributed by atoms with Crippen LogP contribution in [0.5, 0.6) is 0 Å². The highest BCUT2D eigenvalue weighted by molar-refractivity contribution is 5.83. The number of nitrogens with one attached hydrogen (secondary N) is 1. The van der Waals surface area contributed by atoms with Gasteiger partial charge in [-0.2, -0.15) is 5.26 Å². The normalized spacial score (nSPS) is 8.50. The van der Waals surface area contributed by atoms with Crippen LogP contribution in [0.3, 0.4) is 0 Å². The third-order valence-corrected chi connectivity index (χ3v) is 1.56. The van der Waals surface area contributed by atoms with Gasteiger partial charge in [0.1, 0.15) is 0 Å². The number of para-hydroxylation sites is 1. The number of fused-ring (bicyclic) bond motifs is 1. The zero-order chi connectivity index (χ0) is 10.4. The summed E-state index contributed by atoms with van der Waals surface area (Å²) < 4.78 is 0. The zero-order valence-corrected chi connectivity index (χ0v) is 7.27. The van der Waals surface area contributed by atoms with Crippen molar-refractivity contribution < 1.29 is 9.90 Å². The number of hydrogen-bond donors (Lipinski definition) is 2. The number of aliphatic carboxylic acids is 1. The maximum atomic E-state index is 9.01. The van der Waals surface area contributed by atoms with Crippen LogP contribution in [0.15, 0.2) is 36.5 Å². The number of benzene rings is 1. The molecule has 0 aliphatic rings. The first-order chi connectivity index (χ1) is 6.74. The number of nitrogens with zero attached hydrogens (tertiary/aromatic N) is 1. The average Bonchev–Trinajstić information content (AvgIpc) is 2.66. The van der Waals surface area contributed by atoms with Crippen LogP contribution in [-0.4, -0.2) is 16.1 Å². The fourth-order valence-electron chi connectivity index (χ4n) is 0.995. The smallest absolute Gasteiger partial charge is 0.408 e. The van der Waals surface area contributed by atoms with Crippen LogP contribution >= 0.6 is 0 Å². The third kappa shape index (κ3) is 2.64. The molecule has 0 bridgehead atoms. The highest BCUT2D eigenvalue weighted by Gasteiger charge is 1.86. The van der Waals surface area contributed by atoms with Gasteiger partial charge in [0, 0.05) is 11.7 Å². The largest absolute Gasteiger partial charge is 0.470 e. The molecule has 0 aliphatic carbocycles. The number of nitriles is 1. The van der Waals surface area contributed by atoms with Gasteiger partial charge in [0.2, 0.25) is 0 Å². The maximum Gasteiger partial charge on any atom is 0.408 e. The van der Waals surface area contributed by atoms with Gasteiger partial charge in [-0.25, -0.2) is 4.79 Å². The molecule has 2 aromatic rings. The van der Waals surface area contributed by atoms with Crippen molar-refractivity contribution in [2.75, 3.05) is 0 Å². The summed E-state index contributed by atoms with van der Waals surface area (Å²) in [5, 5.41) is 15.9. The second-order valence-electron chi connectivity index (χ2n) is 2.48. The van der Waals surface area contributed by atoms with Gasteiger partial charge in [-0.15, -0.1) is 0 Å². The number of rotatable bonds is 0. The minimum atomic E-state index is -1.44. The van der Waals surface area contributed by atoms with Crippen LogP contribution in [0.4, 0.5) is 0 Å². The lowest BCUT2D eigenvalue weighted by molar-refractivity contribution is -0.130. The summed E-state index contributed by atoms with van der Waals surface area (Å²) in [6, 6.07) is 11.2. The molecule has 0 saturated carbocycles. The van der Waals surface area contributed by atoms with Crippen LogP contribution in [0, 0.1) is 11.3 Å². The molecule has 0 amide bonds. The summed E-state index contributed by atoms with van der Waals surface area (Å²) >= 11 is 0. The van der Waals surface area contributed by atoms with Crippen molar-refractivity contribution in [2.45, 2.75) is 0 Å². The number of hydrogen-bond acceptors (Lipinski definition) is 2. The summed E-state index contributed by atoms with van der Waals surface area (Å²) in [5.74, 6) is -1.44. The average molecular weight is 188 g/mol. The van der Waals surface area contributed by atoms with Crippen molar-refractivity contribution in [3.63, 3.8) is 0 Å². The van der Waals surface area contributed by atoms with E-state index in [0.717, 1.165) is 6.07 Å². The Morgan fingerprint density at radius 2 is 2.00 bits per heavy atom. The predicted molar refractivity (Wildman–Crippen MR) is 51.5 cm³/mol. The molecule has 0 spiro atoms. The second-order valence-corrected chi connectivity index (χ2v) is 2.48. The Morgan fingerprint density at radius 3 is 2.57 bits per heavy atom. The number of carboxylic acid groups (broad SMARTS) is 1. The van der Waals surface area contributed by atoms with E-state index < -0.39 is 5.97 Å². The number of carbonyl (C=O) groups is 1. The second kappa shape index (κ2) is 4.67. The standard InChI is InChI=1S/C8H7N.C2HNO2/c1-2-4-8-7(3-1)5-6-9-8;3-1-2(4)5/h1-6,9H;(H,4,5). The molecular weight excluding hydrogens is 180 g/mol. The Morgan fingerprint density at radius 1 is 1.36 bits per heavy atom. The Labute approximate surface area is 80.4 Å². The van der Waals surface area contributed by atoms with E-state index in [1.807, 2.05) is 18.3 Å². The van der Waals surface area contributed by atoms with E-state index in [1.54, 1.807) is 0 Å². The Kier molecular flexibility index (Phi) is 3.27. The highest BCUT2D eigenvalue weighted by Crippen LogP contribution is 2.09. The van der Waals surface area contributed by atoms with Crippen molar-refractivity contribution in [1.82, 2.24) is 4.98 Å². The first kappa shape index (κ1) is 9.81. The number of aromatic nitrogens is 1. The molecule has 0 saturated heterocycles. The molecule has 1 aromatic carbocycles. The Balaban J connectivity index is 0.000000171. The van der Waals surface area contributed by atoms with Gasteiger partial charge in [-0.05, 0) is 17.5 Å². The van der Waals surface area contributed by atoms with Gasteiger partial charge in [0.15, 0.2) is 6.07 Å². The van der Waals surface area contributed by atoms with Crippen LogP contribution in [0.2, 0.25) is 0 Å².